The van der Waals surface area contributed by atoms with Crippen LogP contribution in [0.25, 0.3) is 0 Å². The molecule has 1 aromatic rings. The van der Waals surface area contributed by atoms with Gasteiger partial charge in [0, 0.05) is 12.1 Å². The Bertz CT molecular complexity index is 439. The first-order chi connectivity index (χ1) is 7.71. The van der Waals surface area contributed by atoms with E-state index in [1.54, 1.807) is 25.2 Å². The Labute approximate surface area is 104 Å². The molecular formula is C10H11ClN4S. The van der Waals surface area contributed by atoms with E-state index < -0.39 is 0 Å². The molecule has 0 bridgehead atoms. The van der Waals surface area contributed by atoms with E-state index in [9.17, 15) is 0 Å². The van der Waals surface area contributed by atoms with E-state index in [2.05, 4.69) is 15.6 Å². The monoisotopic (exact) mass is 254 g/mol. The maximum atomic E-state index is 8.52. The van der Waals surface area contributed by atoms with Gasteiger partial charge in [0.1, 0.15) is 0 Å². The summed E-state index contributed by atoms with van der Waals surface area (Å²) >= 11 is 7.23. The first kappa shape index (κ1) is 12.7. The number of anilines is 1. The average Bonchev–Trinajstić information content (AvgIpc) is 2.30. The van der Waals surface area contributed by atoms with Crippen molar-refractivity contribution in [1.29, 1.82) is 5.26 Å². The SMILES string of the molecule is CNc1cc(Cl)ccc1N=C(NC#N)SC. The fourth-order valence-electron chi connectivity index (χ4n) is 1.09. The highest BCUT2D eigenvalue weighted by atomic mass is 35.5. The number of hydrogen-bond donors (Lipinski definition) is 2. The Kier molecular flexibility index (Phi) is 4.96. The number of nitrogens with zero attached hydrogens (tertiary/aromatic N) is 2. The van der Waals surface area contributed by atoms with Gasteiger partial charge in [0.15, 0.2) is 11.4 Å². The molecule has 2 N–H and O–H groups in total. The van der Waals surface area contributed by atoms with Crippen molar-refractivity contribution in [3.8, 4) is 6.19 Å². The predicted octanol–water partition coefficient (Wildman–Crippen LogP) is 2.80. The van der Waals surface area contributed by atoms with Crippen LogP contribution in [0.2, 0.25) is 5.02 Å². The van der Waals surface area contributed by atoms with Crippen LogP contribution in [0.1, 0.15) is 0 Å². The summed E-state index contributed by atoms with van der Waals surface area (Å²) in [4.78, 5) is 4.30. The van der Waals surface area contributed by atoms with Crippen molar-refractivity contribution in [1.82, 2.24) is 5.32 Å². The number of rotatable bonds is 2. The minimum absolute atomic E-state index is 0.543. The molecule has 84 valence electrons. The summed E-state index contributed by atoms with van der Waals surface area (Å²) < 4.78 is 0. The van der Waals surface area contributed by atoms with Gasteiger partial charge in [-0.15, -0.1) is 0 Å². The quantitative estimate of drug-likeness (QED) is 0.369. The molecule has 0 unspecified atom stereocenters. The lowest BCUT2D eigenvalue weighted by Crippen LogP contribution is -2.12. The van der Waals surface area contributed by atoms with Crippen LogP contribution in [0, 0.1) is 11.5 Å². The molecule has 0 radical (unpaired) electrons. The minimum atomic E-state index is 0.543. The maximum absolute atomic E-state index is 8.52. The van der Waals surface area contributed by atoms with Gasteiger partial charge in [0.2, 0.25) is 0 Å². The third-order valence-electron chi connectivity index (χ3n) is 1.81. The molecule has 0 amide bonds. The highest BCUT2D eigenvalue weighted by Gasteiger charge is 2.02. The minimum Gasteiger partial charge on any atom is -0.386 e. The van der Waals surface area contributed by atoms with Crippen LogP contribution >= 0.6 is 23.4 Å². The highest BCUT2D eigenvalue weighted by Crippen LogP contribution is 2.28. The Morgan fingerprint density at radius 1 is 1.56 bits per heavy atom. The van der Waals surface area contributed by atoms with E-state index in [0.717, 1.165) is 11.4 Å². The van der Waals surface area contributed by atoms with Crippen molar-refractivity contribution in [2.45, 2.75) is 0 Å². The summed E-state index contributed by atoms with van der Waals surface area (Å²) in [7, 11) is 1.79. The van der Waals surface area contributed by atoms with Gasteiger partial charge in [-0.25, -0.2) is 4.99 Å². The molecule has 0 aliphatic heterocycles. The summed E-state index contributed by atoms with van der Waals surface area (Å²) in [6.07, 6.45) is 3.69. The second-order valence-corrected chi connectivity index (χ2v) is 4.00. The van der Waals surface area contributed by atoms with E-state index >= 15 is 0 Å². The summed E-state index contributed by atoms with van der Waals surface area (Å²) in [5, 5.41) is 15.2. The molecule has 0 fully saturated rings. The smallest absolute Gasteiger partial charge is 0.183 e. The number of benzene rings is 1. The maximum Gasteiger partial charge on any atom is 0.183 e. The van der Waals surface area contributed by atoms with Gasteiger partial charge in [0.05, 0.1) is 11.4 Å². The molecule has 0 aromatic heterocycles. The van der Waals surface area contributed by atoms with E-state index in [4.69, 9.17) is 16.9 Å². The van der Waals surface area contributed by atoms with Gasteiger partial charge in [-0.2, -0.15) is 5.26 Å². The molecule has 0 spiro atoms. The van der Waals surface area contributed by atoms with Crippen LogP contribution in [-0.2, 0) is 0 Å². The fraction of sp³-hybridized carbons (Fsp3) is 0.200. The Hall–Kier alpha value is -1.38. The van der Waals surface area contributed by atoms with Crippen LogP contribution in [0.3, 0.4) is 0 Å². The average molecular weight is 255 g/mol. The first-order valence-corrected chi connectivity index (χ1v) is 6.06. The van der Waals surface area contributed by atoms with Gasteiger partial charge in [0.25, 0.3) is 0 Å². The van der Waals surface area contributed by atoms with Crippen molar-refractivity contribution in [2.75, 3.05) is 18.6 Å². The summed E-state index contributed by atoms with van der Waals surface area (Å²) in [5.41, 5.74) is 1.55. The van der Waals surface area contributed by atoms with Gasteiger partial charge in [-0.1, -0.05) is 23.4 Å². The third kappa shape index (κ3) is 3.33. The Balaban J connectivity index is 3.08. The summed E-state index contributed by atoms with van der Waals surface area (Å²) in [5.74, 6) is 0. The zero-order chi connectivity index (χ0) is 12.0. The zero-order valence-electron chi connectivity index (χ0n) is 8.91. The standard InChI is InChI=1S/C10H11ClN4S/c1-13-9-5-7(11)3-4-8(9)15-10(16-2)14-6-12/h3-5,13H,1-2H3,(H,14,15). The van der Waals surface area contributed by atoms with E-state index in [-0.39, 0.29) is 0 Å². The van der Waals surface area contributed by atoms with Crippen molar-refractivity contribution >= 4 is 39.9 Å². The second-order valence-electron chi connectivity index (χ2n) is 2.77. The molecule has 0 atom stereocenters. The van der Waals surface area contributed by atoms with Crippen molar-refractivity contribution < 1.29 is 0 Å². The van der Waals surface area contributed by atoms with Crippen LogP contribution < -0.4 is 10.6 Å². The number of nitriles is 1. The third-order valence-corrected chi connectivity index (χ3v) is 2.62. The number of nitrogens with one attached hydrogen (secondary N) is 2. The van der Waals surface area contributed by atoms with Gasteiger partial charge in [-0.05, 0) is 24.5 Å². The Morgan fingerprint density at radius 2 is 2.31 bits per heavy atom. The molecule has 0 aliphatic carbocycles. The number of halogens is 1. The van der Waals surface area contributed by atoms with E-state index in [1.165, 1.54) is 11.8 Å². The summed E-state index contributed by atoms with van der Waals surface area (Å²) in [6.45, 7) is 0. The van der Waals surface area contributed by atoms with Crippen LogP contribution in [0.4, 0.5) is 11.4 Å². The van der Waals surface area contributed by atoms with E-state index in [0.29, 0.717) is 10.2 Å². The van der Waals surface area contributed by atoms with Crippen LogP contribution in [0.15, 0.2) is 23.2 Å². The lowest BCUT2D eigenvalue weighted by atomic mass is 10.3. The number of hydrogen-bond acceptors (Lipinski definition) is 4. The molecule has 6 heteroatoms. The van der Waals surface area contributed by atoms with Crippen molar-refractivity contribution in [2.24, 2.45) is 4.99 Å². The zero-order valence-corrected chi connectivity index (χ0v) is 10.5. The highest BCUT2D eigenvalue weighted by molar-refractivity contribution is 8.13. The molecule has 4 nitrogen and oxygen atoms in total. The normalized spacial score (nSPS) is 10.8. The molecule has 0 saturated carbocycles. The molecule has 1 rings (SSSR count). The van der Waals surface area contributed by atoms with Crippen molar-refractivity contribution in [3.05, 3.63) is 23.2 Å². The predicted molar refractivity (Wildman–Crippen MR) is 70.4 cm³/mol. The van der Waals surface area contributed by atoms with Gasteiger partial charge < -0.3 is 5.32 Å². The lowest BCUT2D eigenvalue weighted by molar-refractivity contribution is 1.28. The topological polar surface area (TPSA) is 60.2 Å². The molecule has 0 saturated heterocycles. The van der Waals surface area contributed by atoms with Gasteiger partial charge >= 0.3 is 0 Å². The fourth-order valence-corrected chi connectivity index (χ4v) is 1.60. The largest absolute Gasteiger partial charge is 0.386 e. The Morgan fingerprint density at radius 3 is 2.88 bits per heavy atom. The number of aliphatic imine (C=N–C) groups is 1. The van der Waals surface area contributed by atoms with Gasteiger partial charge in [-0.3, -0.25) is 5.32 Å². The first-order valence-electron chi connectivity index (χ1n) is 4.46. The molecule has 16 heavy (non-hydrogen) atoms. The number of amidine groups is 1. The molecular weight excluding hydrogens is 244 g/mol. The van der Waals surface area contributed by atoms with Crippen molar-refractivity contribution in [3.63, 3.8) is 0 Å². The molecule has 1 aromatic carbocycles. The second kappa shape index (κ2) is 6.26. The van der Waals surface area contributed by atoms with Crippen LogP contribution in [-0.4, -0.2) is 18.5 Å². The number of thioether (sulfide) groups is 1. The molecule has 0 heterocycles. The summed E-state index contributed by atoms with van der Waals surface area (Å²) in [6, 6.07) is 5.33. The molecule has 0 aliphatic rings. The lowest BCUT2D eigenvalue weighted by Gasteiger charge is -2.06. The van der Waals surface area contributed by atoms with Crippen LogP contribution in [0.5, 0.6) is 0 Å². The van der Waals surface area contributed by atoms with E-state index in [1.807, 2.05) is 12.4 Å².